The van der Waals surface area contributed by atoms with Crippen LogP contribution in [0.15, 0.2) is 18.2 Å². The van der Waals surface area contributed by atoms with Crippen molar-refractivity contribution in [2.24, 2.45) is 5.84 Å². The largest absolute Gasteiger partial charge is 0.271 e. The van der Waals surface area contributed by atoms with Gasteiger partial charge in [-0.15, -0.1) is 0 Å². The predicted octanol–water partition coefficient (Wildman–Crippen LogP) is 3.22. The summed E-state index contributed by atoms with van der Waals surface area (Å²) in [6.45, 7) is 0. The number of hydrazine groups is 1. The molecule has 1 heterocycles. The molecule has 0 radical (unpaired) electrons. The summed E-state index contributed by atoms with van der Waals surface area (Å²) in [5, 5.41) is 1.93. The number of hydrogen-bond acceptors (Lipinski definition) is 4. The molecule has 1 saturated heterocycles. The highest BCUT2D eigenvalue weighted by Gasteiger charge is 2.24. The maximum atomic E-state index is 6.20. The fourth-order valence-electron chi connectivity index (χ4n) is 1.96. The molecule has 0 spiro atoms. The normalized spacial score (nSPS) is 21.8. The molecule has 18 heavy (non-hydrogen) atoms. The van der Waals surface area contributed by atoms with Gasteiger partial charge in [0.25, 0.3) is 0 Å². The fourth-order valence-corrected chi connectivity index (χ4v) is 5.32. The minimum Gasteiger partial charge on any atom is -0.271 e. The summed E-state index contributed by atoms with van der Waals surface area (Å²) in [4.78, 5) is 0. The van der Waals surface area contributed by atoms with E-state index in [1.54, 1.807) is 6.07 Å². The van der Waals surface area contributed by atoms with E-state index >= 15 is 0 Å². The van der Waals surface area contributed by atoms with Gasteiger partial charge in [-0.3, -0.25) is 11.3 Å². The zero-order chi connectivity index (χ0) is 13.0. The highest BCUT2D eigenvalue weighted by atomic mass is 35.5. The van der Waals surface area contributed by atoms with Crippen LogP contribution in [0.25, 0.3) is 0 Å². The molecule has 1 aliphatic rings. The van der Waals surface area contributed by atoms with Crippen LogP contribution < -0.4 is 11.3 Å². The zero-order valence-electron chi connectivity index (χ0n) is 9.86. The third-order valence-corrected chi connectivity index (χ3v) is 6.47. The van der Waals surface area contributed by atoms with Gasteiger partial charge in [-0.2, -0.15) is 23.5 Å². The van der Waals surface area contributed by atoms with Crippen LogP contribution in [0.2, 0.25) is 10.0 Å². The molecule has 1 aromatic carbocycles. The van der Waals surface area contributed by atoms with E-state index in [0.717, 1.165) is 22.8 Å². The minimum absolute atomic E-state index is 0.251. The van der Waals surface area contributed by atoms with Gasteiger partial charge in [-0.25, -0.2) is 0 Å². The topological polar surface area (TPSA) is 38.0 Å². The molecule has 100 valence electrons. The number of thioether (sulfide) groups is 2. The van der Waals surface area contributed by atoms with Crippen molar-refractivity contribution in [1.82, 2.24) is 5.43 Å². The highest BCUT2D eigenvalue weighted by Crippen LogP contribution is 2.29. The Labute approximate surface area is 126 Å². The van der Waals surface area contributed by atoms with Gasteiger partial charge in [0.05, 0.1) is 0 Å². The van der Waals surface area contributed by atoms with Gasteiger partial charge in [-0.1, -0.05) is 29.3 Å². The summed E-state index contributed by atoms with van der Waals surface area (Å²) in [5.41, 5.74) is 4.03. The summed E-state index contributed by atoms with van der Waals surface area (Å²) >= 11 is 16.1. The first-order valence-electron chi connectivity index (χ1n) is 5.80. The molecule has 0 bridgehead atoms. The molecule has 2 atom stereocenters. The average molecular weight is 323 g/mol. The second kappa shape index (κ2) is 7.27. The lowest BCUT2D eigenvalue weighted by atomic mass is 10.0. The highest BCUT2D eigenvalue weighted by molar-refractivity contribution is 8.06. The van der Waals surface area contributed by atoms with E-state index in [0.29, 0.717) is 10.3 Å². The van der Waals surface area contributed by atoms with Crippen LogP contribution in [-0.2, 0) is 6.42 Å². The third kappa shape index (κ3) is 3.95. The van der Waals surface area contributed by atoms with E-state index in [-0.39, 0.29) is 6.04 Å². The second-order valence-corrected chi connectivity index (χ2v) is 7.54. The molecule has 1 aliphatic heterocycles. The summed E-state index contributed by atoms with van der Waals surface area (Å²) in [6, 6.07) is 5.89. The fraction of sp³-hybridized carbons (Fsp3) is 0.500. The number of hydrogen-bond donors (Lipinski definition) is 2. The van der Waals surface area contributed by atoms with Gasteiger partial charge in [0.2, 0.25) is 0 Å². The van der Waals surface area contributed by atoms with Crippen molar-refractivity contribution in [3.8, 4) is 0 Å². The molecule has 2 nitrogen and oxygen atoms in total. The molecule has 1 aromatic rings. The van der Waals surface area contributed by atoms with Gasteiger partial charge in [0, 0.05) is 38.6 Å². The van der Waals surface area contributed by atoms with Crippen LogP contribution in [0.5, 0.6) is 0 Å². The van der Waals surface area contributed by atoms with E-state index in [1.807, 2.05) is 35.7 Å². The molecule has 2 rings (SSSR count). The third-order valence-electron chi connectivity index (χ3n) is 2.96. The van der Waals surface area contributed by atoms with Crippen LogP contribution in [0.4, 0.5) is 0 Å². The van der Waals surface area contributed by atoms with Crippen molar-refractivity contribution in [2.45, 2.75) is 17.7 Å². The first-order chi connectivity index (χ1) is 8.70. The molecule has 1 fully saturated rings. The molecule has 6 heteroatoms. The molecule has 0 aliphatic carbocycles. The van der Waals surface area contributed by atoms with Gasteiger partial charge in [-0.05, 0) is 24.1 Å². The minimum atomic E-state index is 0.251. The van der Waals surface area contributed by atoms with Gasteiger partial charge in [0.1, 0.15) is 0 Å². The molecule has 0 saturated carbocycles. The zero-order valence-corrected chi connectivity index (χ0v) is 13.0. The van der Waals surface area contributed by atoms with Crippen molar-refractivity contribution in [3.63, 3.8) is 0 Å². The molecular formula is C12H16Cl2N2S2. The Balaban J connectivity index is 2.04. The van der Waals surface area contributed by atoms with Gasteiger partial charge in [0.15, 0.2) is 0 Å². The Morgan fingerprint density at radius 1 is 1.39 bits per heavy atom. The number of halogens is 2. The lowest BCUT2D eigenvalue weighted by Gasteiger charge is -2.29. The van der Waals surface area contributed by atoms with Crippen LogP contribution in [0.3, 0.4) is 0 Å². The number of nitrogens with two attached hydrogens (primary N) is 1. The smallest absolute Gasteiger partial charge is 0.0453 e. The molecule has 0 aromatic heterocycles. The van der Waals surface area contributed by atoms with E-state index in [1.165, 1.54) is 11.5 Å². The Hall–Kier alpha value is 0.420. The SMILES string of the molecule is NNC(Cc1ccc(Cl)cc1Cl)C1CSCCS1. The molecule has 0 amide bonds. The maximum Gasteiger partial charge on any atom is 0.0453 e. The number of nitrogens with one attached hydrogen (secondary N) is 1. The molecular weight excluding hydrogens is 307 g/mol. The van der Waals surface area contributed by atoms with Crippen molar-refractivity contribution < 1.29 is 0 Å². The van der Waals surface area contributed by atoms with Crippen LogP contribution >= 0.6 is 46.7 Å². The average Bonchev–Trinajstić information content (AvgIpc) is 2.39. The Morgan fingerprint density at radius 3 is 2.83 bits per heavy atom. The predicted molar refractivity (Wildman–Crippen MR) is 84.8 cm³/mol. The first kappa shape index (κ1) is 14.8. The van der Waals surface area contributed by atoms with E-state index in [9.17, 15) is 0 Å². The van der Waals surface area contributed by atoms with Crippen molar-refractivity contribution in [2.75, 3.05) is 17.3 Å². The summed E-state index contributed by atoms with van der Waals surface area (Å²) in [5.74, 6) is 9.27. The lowest BCUT2D eigenvalue weighted by Crippen LogP contribution is -2.46. The van der Waals surface area contributed by atoms with E-state index in [4.69, 9.17) is 29.0 Å². The van der Waals surface area contributed by atoms with Crippen molar-refractivity contribution in [3.05, 3.63) is 33.8 Å². The van der Waals surface area contributed by atoms with E-state index in [2.05, 4.69) is 5.43 Å². The van der Waals surface area contributed by atoms with Crippen LogP contribution in [-0.4, -0.2) is 28.6 Å². The Bertz CT molecular complexity index is 398. The number of rotatable bonds is 4. The van der Waals surface area contributed by atoms with Crippen molar-refractivity contribution >= 4 is 46.7 Å². The summed E-state index contributed by atoms with van der Waals surface area (Å²) < 4.78 is 0. The lowest BCUT2D eigenvalue weighted by molar-refractivity contribution is 0.523. The summed E-state index contributed by atoms with van der Waals surface area (Å²) in [6.07, 6.45) is 0.838. The van der Waals surface area contributed by atoms with Gasteiger partial charge < -0.3 is 0 Å². The second-order valence-electron chi connectivity index (χ2n) is 4.20. The Morgan fingerprint density at radius 2 is 2.22 bits per heavy atom. The van der Waals surface area contributed by atoms with E-state index < -0.39 is 0 Å². The molecule has 3 N–H and O–H groups in total. The van der Waals surface area contributed by atoms with Crippen LogP contribution in [0, 0.1) is 0 Å². The molecule has 2 unspecified atom stereocenters. The maximum absolute atomic E-state index is 6.20. The monoisotopic (exact) mass is 322 g/mol. The van der Waals surface area contributed by atoms with Crippen LogP contribution in [0.1, 0.15) is 5.56 Å². The standard InChI is InChI=1S/C12H16Cl2N2S2/c13-9-2-1-8(10(14)6-9)5-11(16-15)12-7-17-3-4-18-12/h1-2,6,11-12,16H,3-5,7,15H2. The quantitative estimate of drug-likeness (QED) is 0.659. The summed E-state index contributed by atoms with van der Waals surface area (Å²) in [7, 11) is 0. The first-order valence-corrected chi connectivity index (χ1v) is 8.76. The Kier molecular flexibility index (Phi) is 5.98. The van der Waals surface area contributed by atoms with Gasteiger partial charge >= 0.3 is 0 Å². The van der Waals surface area contributed by atoms with Crippen molar-refractivity contribution in [1.29, 1.82) is 0 Å². The number of benzene rings is 1.